The van der Waals surface area contributed by atoms with Crippen LogP contribution in [0.5, 0.6) is 11.5 Å². The van der Waals surface area contributed by atoms with E-state index < -0.39 is 0 Å². The van der Waals surface area contributed by atoms with Gasteiger partial charge in [-0.2, -0.15) is 0 Å². The average molecular weight is 291 g/mol. The number of aryl methyl sites for hydroxylation is 1. The first kappa shape index (κ1) is 14.0. The molecule has 0 aliphatic heterocycles. The lowest BCUT2D eigenvalue weighted by molar-refractivity contribution is 0.475. The van der Waals surface area contributed by atoms with Crippen LogP contribution in [0.1, 0.15) is 5.56 Å². The summed E-state index contributed by atoms with van der Waals surface area (Å²) in [6.45, 7) is 2.06. The van der Waals surface area contributed by atoms with Crippen molar-refractivity contribution in [3.05, 3.63) is 72.3 Å². The molecule has 3 aromatic rings. The highest BCUT2D eigenvalue weighted by molar-refractivity contribution is 5.83. The summed E-state index contributed by atoms with van der Waals surface area (Å²) in [5.74, 6) is 0.499. The number of rotatable bonds is 3. The molecular weight excluding hydrogens is 274 g/mol. The van der Waals surface area contributed by atoms with Gasteiger partial charge in [0.15, 0.2) is 0 Å². The minimum Gasteiger partial charge on any atom is -0.508 e. The van der Waals surface area contributed by atoms with Crippen molar-refractivity contribution in [2.75, 3.05) is 5.32 Å². The maximum Gasteiger partial charge on any atom is 0.115 e. The highest BCUT2D eigenvalue weighted by atomic mass is 16.3. The summed E-state index contributed by atoms with van der Waals surface area (Å²) >= 11 is 0. The SMILES string of the molecule is Cc1cccc(Nc2ccc(O)cc2)c1-c1ccc(O)cc1. The summed E-state index contributed by atoms with van der Waals surface area (Å²) < 4.78 is 0. The second-order valence-corrected chi connectivity index (χ2v) is 5.22. The minimum absolute atomic E-state index is 0.244. The Kier molecular flexibility index (Phi) is 3.71. The molecule has 3 heteroatoms. The molecule has 0 aliphatic carbocycles. The van der Waals surface area contributed by atoms with Gasteiger partial charge in [-0.15, -0.1) is 0 Å². The van der Waals surface area contributed by atoms with Crippen LogP contribution < -0.4 is 5.32 Å². The summed E-state index contributed by atoms with van der Waals surface area (Å²) in [6, 6.07) is 20.2. The maximum absolute atomic E-state index is 9.46. The quantitative estimate of drug-likeness (QED) is 0.607. The van der Waals surface area contributed by atoms with Crippen molar-refractivity contribution in [3.63, 3.8) is 0 Å². The second kappa shape index (κ2) is 5.82. The van der Waals surface area contributed by atoms with Crippen LogP contribution in [-0.2, 0) is 0 Å². The average Bonchev–Trinajstić information content (AvgIpc) is 2.51. The fourth-order valence-electron chi connectivity index (χ4n) is 2.48. The van der Waals surface area contributed by atoms with Crippen LogP contribution in [-0.4, -0.2) is 10.2 Å². The third kappa shape index (κ3) is 2.88. The molecule has 3 nitrogen and oxygen atoms in total. The molecule has 110 valence electrons. The first-order valence-electron chi connectivity index (χ1n) is 7.08. The Hall–Kier alpha value is -2.94. The number of hydrogen-bond acceptors (Lipinski definition) is 3. The largest absolute Gasteiger partial charge is 0.508 e. The van der Waals surface area contributed by atoms with E-state index in [1.165, 1.54) is 0 Å². The summed E-state index contributed by atoms with van der Waals surface area (Å²) in [6.07, 6.45) is 0. The molecule has 0 saturated carbocycles. The third-order valence-corrected chi connectivity index (χ3v) is 3.58. The molecule has 0 fully saturated rings. The zero-order chi connectivity index (χ0) is 15.5. The van der Waals surface area contributed by atoms with Crippen LogP contribution in [0.2, 0.25) is 0 Å². The van der Waals surface area contributed by atoms with Crippen LogP contribution in [0, 0.1) is 6.92 Å². The zero-order valence-corrected chi connectivity index (χ0v) is 12.2. The molecule has 0 amide bonds. The molecule has 0 saturated heterocycles. The van der Waals surface area contributed by atoms with Gasteiger partial charge in [-0.1, -0.05) is 24.3 Å². The van der Waals surface area contributed by atoms with Gasteiger partial charge in [0.25, 0.3) is 0 Å². The number of benzene rings is 3. The molecule has 0 radical (unpaired) electrons. The van der Waals surface area contributed by atoms with E-state index in [1.54, 1.807) is 24.3 Å². The molecule has 0 aliphatic rings. The number of anilines is 2. The molecule has 3 rings (SSSR count). The van der Waals surface area contributed by atoms with E-state index in [2.05, 4.69) is 18.3 Å². The van der Waals surface area contributed by atoms with Gasteiger partial charge in [0, 0.05) is 16.9 Å². The van der Waals surface area contributed by atoms with Crippen molar-refractivity contribution in [1.82, 2.24) is 0 Å². The zero-order valence-electron chi connectivity index (χ0n) is 12.2. The van der Waals surface area contributed by atoms with E-state index in [0.717, 1.165) is 28.1 Å². The molecule has 22 heavy (non-hydrogen) atoms. The molecule has 0 aromatic heterocycles. The lowest BCUT2D eigenvalue weighted by Gasteiger charge is -2.15. The molecule has 0 bridgehead atoms. The highest BCUT2D eigenvalue weighted by Gasteiger charge is 2.08. The summed E-state index contributed by atoms with van der Waals surface area (Å²) in [5.41, 5.74) is 5.17. The van der Waals surface area contributed by atoms with Crippen molar-refractivity contribution < 1.29 is 10.2 Å². The van der Waals surface area contributed by atoms with Gasteiger partial charge < -0.3 is 15.5 Å². The van der Waals surface area contributed by atoms with Crippen LogP contribution >= 0.6 is 0 Å². The first-order chi connectivity index (χ1) is 10.6. The van der Waals surface area contributed by atoms with Gasteiger partial charge in [0.05, 0.1) is 0 Å². The van der Waals surface area contributed by atoms with Gasteiger partial charge in [0.2, 0.25) is 0 Å². The smallest absolute Gasteiger partial charge is 0.115 e. The van der Waals surface area contributed by atoms with E-state index in [0.29, 0.717) is 0 Å². The van der Waals surface area contributed by atoms with Crippen molar-refractivity contribution >= 4 is 11.4 Å². The van der Waals surface area contributed by atoms with Crippen molar-refractivity contribution in [3.8, 4) is 22.6 Å². The van der Waals surface area contributed by atoms with Gasteiger partial charge in [-0.25, -0.2) is 0 Å². The van der Waals surface area contributed by atoms with Gasteiger partial charge in [-0.05, 0) is 60.5 Å². The van der Waals surface area contributed by atoms with Crippen LogP contribution in [0.4, 0.5) is 11.4 Å². The molecule has 3 aromatic carbocycles. The molecular formula is C19H17NO2. The number of aromatic hydroxyl groups is 2. The Labute approximate surface area is 129 Å². The predicted octanol–water partition coefficient (Wildman–Crippen LogP) is 4.82. The Morgan fingerprint density at radius 2 is 1.32 bits per heavy atom. The van der Waals surface area contributed by atoms with E-state index >= 15 is 0 Å². The van der Waals surface area contributed by atoms with Crippen molar-refractivity contribution in [1.29, 1.82) is 0 Å². The number of hydrogen-bond donors (Lipinski definition) is 3. The summed E-state index contributed by atoms with van der Waals surface area (Å²) in [7, 11) is 0. The number of phenolic OH excluding ortho intramolecular Hbond substituents is 2. The fraction of sp³-hybridized carbons (Fsp3) is 0.0526. The van der Waals surface area contributed by atoms with E-state index in [4.69, 9.17) is 0 Å². The molecule has 0 heterocycles. The predicted molar refractivity (Wildman–Crippen MR) is 89.7 cm³/mol. The summed E-state index contributed by atoms with van der Waals surface area (Å²) in [5, 5.41) is 22.2. The fourth-order valence-corrected chi connectivity index (χ4v) is 2.48. The molecule has 0 unspecified atom stereocenters. The van der Waals surface area contributed by atoms with Crippen molar-refractivity contribution in [2.24, 2.45) is 0 Å². The standard InChI is InChI=1S/C19H17NO2/c1-13-3-2-4-18(20-15-7-11-17(22)12-8-15)19(13)14-5-9-16(21)10-6-14/h2-12,20-22H,1H3. The Balaban J connectivity index is 2.03. The monoisotopic (exact) mass is 291 g/mol. The van der Waals surface area contributed by atoms with Gasteiger partial charge >= 0.3 is 0 Å². The second-order valence-electron chi connectivity index (χ2n) is 5.22. The Bertz CT molecular complexity index is 778. The Morgan fingerprint density at radius 1 is 0.727 bits per heavy atom. The van der Waals surface area contributed by atoms with E-state index in [1.807, 2.05) is 36.4 Å². The topological polar surface area (TPSA) is 52.5 Å². The minimum atomic E-state index is 0.244. The van der Waals surface area contributed by atoms with Crippen LogP contribution in [0.3, 0.4) is 0 Å². The van der Waals surface area contributed by atoms with E-state index in [9.17, 15) is 10.2 Å². The number of phenols is 2. The third-order valence-electron chi connectivity index (χ3n) is 3.58. The Morgan fingerprint density at radius 3 is 1.95 bits per heavy atom. The lowest BCUT2D eigenvalue weighted by Crippen LogP contribution is -1.95. The summed E-state index contributed by atoms with van der Waals surface area (Å²) in [4.78, 5) is 0. The molecule has 0 atom stereocenters. The van der Waals surface area contributed by atoms with Gasteiger partial charge in [0.1, 0.15) is 11.5 Å². The highest BCUT2D eigenvalue weighted by Crippen LogP contribution is 2.34. The van der Waals surface area contributed by atoms with E-state index in [-0.39, 0.29) is 11.5 Å². The molecule has 0 spiro atoms. The maximum atomic E-state index is 9.46. The van der Waals surface area contributed by atoms with Crippen LogP contribution in [0.25, 0.3) is 11.1 Å². The number of nitrogens with one attached hydrogen (secondary N) is 1. The van der Waals surface area contributed by atoms with Gasteiger partial charge in [-0.3, -0.25) is 0 Å². The lowest BCUT2D eigenvalue weighted by atomic mass is 9.98. The van der Waals surface area contributed by atoms with Crippen LogP contribution in [0.15, 0.2) is 66.7 Å². The van der Waals surface area contributed by atoms with Crippen molar-refractivity contribution in [2.45, 2.75) is 6.92 Å². The first-order valence-corrected chi connectivity index (χ1v) is 7.08. The molecule has 3 N–H and O–H groups in total. The normalized spacial score (nSPS) is 10.4.